The van der Waals surface area contributed by atoms with Crippen LogP contribution in [-0.4, -0.2) is 44.1 Å². The molecule has 1 N–H and O–H groups in total. The standard InChI is InChI=1S/C30H54N2O2/c1-4-6-8-10-12-14-16-18-25-32(26-19-17-15-13-11-9-7-5-2)27-24-31-30(33)28-20-22-29(34-3)23-21-28/h20-23H,4-19,24-27H2,1-3H3,(H,31,33). The maximum Gasteiger partial charge on any atom is 0.251 e. The van der Waals surface area contributed by atoms with Crippen molar-refractivity contribution in [2.24, 2.45) is 0 Å². The summed E-state index contributed by atoms with van der Waals surface area (Å²) in [6, 6.07) is 7.33. The topological polar surface area (TPSA) is 41.6 Å². The van der Waals surface area contributed by atoms with Gasteiger partial charge in [-0.05, 0) is 50.2 Å². The highest BCUT2D eigenvalue weighted by Gasteiger charge is 2.08. The Morgan fingerprint density at radius 2 is 1.12 bits per heavy atom. The molecule has 0 radical (unpaired) electrons. The first-order valence-electron chi connectivity index (χ1n) is 14.4. The average Bonchev–Trinajstić information content (AvgIpc) is 2.86. The van der Waals surface area contributed by atoms with Crippen LogP contribution in [0.15, 0.2) is 24.3 Å². The molecule has 0 heterocycles. The minimum atomic E-state index is 0.00163. The molecule has 34 heavy (non-hydrogen) atoms. The predicted octanol–water partition coefficient (Wildman–Crippen LogP) is 8.01. The summed E-state index contributed by atoms with van der Waals surface area (Å²) in [7, 11) is 1.64. The van der Waals surface area contributed by atoms with Crippen molar-refractivity contribution >= 4 is 5.91 Å². The summed E-state index contributed by atoms with van der Waals surface area (Å²) >= 11 is 0. The number of nitrogens with one attached hydrogen (secondary N) is 1. The Balaban J connectivity index is 2.30. The first-order valence-corrected chi connectivity index (χ1v) is 14.4. The Labute approximate surface area is 211 Å². The third kappa shape index (κ3) is 16.1. The Morgan fingerprint density at radius 1 is 0.676 bits per heavy atom. The van der Waals surface area contributed by atoms with E-state index in [-0.39, 0.29) is 5.91 Å². The van der Waals surface area contributed by atoms with Gasteiger partial charge in [-0.2, -0.15) is 0 Å². The first kappa shape index (κ1) is 30.5. The second kappa shape index (κ2) is 21.9. The smallest absolute Gasteiger partial charge is 0.251 e. The molecule has 0 saturated heterocycles. The lowest BCUT2D eigenvalue weighted by Gasteiger charge is -2.22. The minimum absolute atomic E-state index is 0.00163. The fourth-order valence-electron chi connectivity index (χ4n) is 4.45. The number of carbonyl (C=O) groups is 1. The first-order chi connectivity index (χ1) is 16.7. The molecule has 0 aliphatic rings. The van der Waals surface area contributed by atoms with Crippen molar-refractivity contribution in [3.05, 3.63) is 29.8 Å². The van der Waals surface area contributed by atoms with E-state index in [1.807, 2.05) is 24.3 Å². The Bertz CT molecular complexity index is 568. The highest BCUT2D eigenvalue weighted by molar-refractivity contribution is 5.94. The quantitative estimate of drug-likeness (QED) is 0.163. The molecule has 0 aliphatic heterocycles. The molecule has 1 rings (SSSR count). The molecule has 1 aromatic carbocycles. The summed E-state index contributed by atoms with van der Waals surface area (Å²) in [5.41, 5.74) is 0.693. The predicted molar refractivity (Wildman–Crippen MR) is 147 cm³/mol. The largest absolute Gasteiger partial charge is 0.497 e. The summed E-state index contributed by atoms with van der Waals surface area (Å²) in [5, 5.41) is 3.11. The average molecular weight is 475 g/mol. The summed E-state index contributed by atoms with van der Waals surface area (Å²) in [5.74, 6) is 0.778. The van der Waals surface area contributed by atoms with Crippen molar-refractivity contribution in [2.75, 3.05) is 33.3 Å². The molecule has 0 unspecified atom stereocenters. The van der Waals surface area contributed by atoms with Gasteiger partial charge in [0.05, 0.1) is 7.11 Å². The van der Waals surface area contributed by atoms with Gasteiger partial charge in [0.1, 0.15) is 5.75 Å². The van der Waals surface area contributed by atoms with Crippen LogP contribution in [0.5, 0.6) is 5.75 Å². The molecule has 0 spiro atoms. The lowest BCUT2D eigenvalue weighted by Crippen LogP contribution is -2.36. The molecule has 196 valence electrons. The number of ether oxygens (including phenoxy) is 1. The lowest BCUT2D eigenvalue weighted by molar-refractivity contribution is 0.0948. The van der Waals surface area contributed by atoms with Gasteiger partial charge in [-0.15, -0.1) is 0 Å². The molecule has 4 nitrogen and oxygen atoms in total. The van der Waals surface area contributed by atoms with Crippen LogP contribution in [-0.2, 0) is 0 Å². The number of carbonyl (C=O) groups excluding carboxylic acids is 1. The van der Waals surface area contributed by atoms with E-state index in [0.717, 1.165) is 25.4 Å². The van der Waals surface area contributed by atoms with Crippen molar-refractivity contribution in [2.45, 2.75) is 117 Å². The molecular weight excluding hydrogens is 420 g/mol. The van der Waals surface area contributed by atoms with Crippen LogP contribution in [0.2, 0.25) is 0 Å². The number of hydrogen-bond acceptors (Lipinski definition) is 3. The maximum absolute atomic E-state index is 12.5. The van der Waals surface area contributed by atoms with Gasteiger partial charge in [-0.1, -0.05) is 104 Å². The molecule has 0 fully saturated rings. The minimum Gasteiger partial charge on any atom is -0.497 e. The zero-order valence-corrected chi connectivity index (χ0v) is 22.7. The van der Waals surface area contributed by atoms with Gasteiger partial charge in [0.15, 0.2) is 0 Å². The zero-order chi connectivity index (χ0) is 24.7. The Hall–Kier alpha value is -1.55. The van der Waals surface area contributed by atoms with E-state index in [2.05, 4.69) is 24.1 Å². The molecule has 1 aromatic rings. The van der Waals surface area contributed by atoms with E-state index >= 15 is 0 Å². The van der Waals surface area contributed by atoms with Gasteiger partial charge in [0.25, 0.3) is 5.91 Å². The van der Waals surface area contributed by atoms with Gasteiger partial charge in [-0.25, -0.2) is 0 Å². The van der Waals surface area contributed by atoms with Gasteiger partial charge in [-0.3, -0.25) is 4.79 Å². The molecule has 0 saturated carbocycles. The number of benzene rings is 1. The number of amides is 1. The molecule has 0 aromatic heterocycles. The van der Waals surface area contributed by atoms with Gasteiger partial charge in [0, 0.05) is 18.7 Å². The number of hydrogen-bond donors (Lipinski definition) is 1. The van der Waals surface area contributed by atoms with Gasteiger partial charge in [0.2, 0.25) is 0 Å². The molecule has 0 atom stereocenters. The molecule has 4 heteroatoms. The number of unbranched alkanes of at least 4 members (excludes halogenated alkanes) is 14. The second-order valence-corrected chi connectivity index (χ2v) is 9.78. The Morgan fingerprint density at radius 3 is 1.56 bits per heavy atom. The third-order valence-corrected chi connectivity index (χ3v) is 6.72. The van der Waals surface area contributed by atoms with Crippen LogP contribution >= 0.6 is 0 Å². The van der Waals surface area contributed by atoms with Crippen LogP contribution < -0.4 is 10.1 Å². The molecule has 0 bridgehead atoms. The third-order valence-electron chi connectivity index (χ3n) is 6.72. The fourth-order valence-corrected chi connectivity index (χ4v) is 4.45. The second-order valence-electron chi connectivity index (χ2n) is 9.78. The van der Waals surface area contributed by atoms with Gasteiger partial charge < -0.3 is 15.0 Å². The zero-order valence-electron chi connectivity index (χ0n) is 22.7. The monoisotopic (exact) mass is 474 g/mol. The highest BCUT2D eigenvalue weighted by Crippen LogP contribution is 2.12. The van der Waals surface area contributed by atoms with E-state index in [1.54, 1.807) is 7.11 Å². The van der Waals surface area contributed by atoms with Crippen molar-refractivity contribution in [1.29, 1.82) is 0 Å². The number of rotatable bonds is 23. The van der Waals surface area contributed by atoms with Crippen LogP contribution in [0.25, 0.3) is 0 Å². The Kier molecular flexibility index (Phi) is 19.7. The van der Waals surface area contributed by atoms with E-state index in [0.29, 0.717) is 12.1 Å². The summed E-state index contributed by atoms with van der Waals surface area (Å²) < 4.78 is 5.18. The molecule has 0 aliphatic carbocycles. The van der Waals surface area contributed by atoms with E-state index < -0.39 is 0 Å². The summed E-state index contributed by atoms with van der Waals surface area (Å²) in [6.45, 7) is 8.52. The highest BCUT2D eigenvalue weighted by atomic mass is 16.5. The lowest BCUT2D eigenvalue weighted by atomic mass is 10.1. The van der Waals surface area contributed by atoms with Crippen molar-refractivity contribution in [3.8, 4) is 5.75 Å². The molecular formula is C30H54N2O2. The number of nitrogens with zero attached hydrogens (tertiary/aromatic N) is 1. The summed E-state index contributed by atoms with van der Waals surface area (Å²) in [4.78, 5) is 15.0. The maximum atomic E-state index is 12.5. The normalized spacial score (nSPS) is 11.2. The fraction of sp³-hybridized carbons (Fsp3) is 0.767. The van der Waals surface area contributed by atoms with Crippen molar-refractivity contribution < 1.29 is 9.53 Å². The van der Waals surface area contributed by atoms with Crippen LogP contribution in [0.4, 0.5) is 0 Å². The summed E-state index contributed by atoms with van der Waals surface area (Å²) in [6.07, 6.45) is 21.7. The number of methoxy groups -OCH3 is 1. The van der Waals surface area contributed by atoms with E-state index in [9.17, 15) is 4.79 Å². The van der Waals surface area contributed by atoms with Crippen LogP contribution in [0, 0.1) is 0 Å². The van der Waals surface area contributed by atoms with E-state index in [4.69, 9.17) is 4.74 Å². The van der Waals surface area contributed by atoms with Gasteiger partial charge >= 0.3 is 0 Å². The SMILES string of the molecule is CCCCCCCCCCN(CCCCCCCCCC)CCNC(=O)c1ccc(OC)cc1. The van der Waals surface area contributed by atoms with Crippen LogP contribution in [0.1, 0.15) is 127 Å². The van der Waals surface area contributed by atoms with E-state index in [1.165, 1.54) is 103 Å². The molecule has 1 amide bonds. The van der Waals surface area contributed by atoms with Crippen LogP contribution in [0.3, 0.4) is 0 Å². The van der Waals surface area contributed by atoms with Crippen molar-refractivity contribution in [1.82, 2.24) is 10.2 Å². The van der Waals surface area contributed by atoms with Crippen molar-refractivity contribution in [3.63, 3.8) is 0 Å².